The smallest absolute Gasteiger partial charge is 0.255 e. The molecule has 0 aliphatic rings. The van der Waals surface area contributed by atoms with Crippen LogP contribution in [0.2, 0.25) is 5.02 Å². The molecule has 0 unspecified atom stereocenters. The van der Waals surface area contributed by atoms with Gasteiger partial charge in [0.1, 0.15) is 5.75 Å². The van der Waals surface area contributed by atoms with Crippen molar-refractivity contribution in [1.29, 1.82) is 5.26 Å². The van der Waals surface area contributed by atoms with E-state index in [0.29, 0.717) is 33.3 Å². The summed E-state index contributed by atoms with van der Waals surface area (Å²) in [6.45, 7) is 0. The van der Waals surface area contributed by atoms with E-state index < -0.39 is 0 Å². The van der Waals surface area contributed by atoms with Gasteiger partial charge >= 0.3 is 0 Å². The number of carbonyl (C=O) groups is 1. The molecular formula is C20H13ClN2O2. The largest absolute Gasteiger partial charge is 0.455 e. The third-order valence-corrected chi connectivity index (χ3v) is 3.65. The van der Waals surface area contributed by atoms with Crippen molar-refractivity contribution in [2.75, 3.05) is 5.32 Å². The number of hydrogen-bond acceptors (Lipinski definition) is 3. The molecule has 0 aromatic heterocycles. The molecule has 5 heteroatoms. The van der Waals surface area contributed by atoms with Crippen LogP contribution in [0.25, 0.3) is 0 Å². The van der Waals surface area contributed by atoms with Crippen LogP contribution >= 0.6 is 11.6 Å². The molecule has 3 rings (SSSR count). The van der Waals surface area contributed by atoms with Crippen LogP contribution in [-0.4, -0.2) is 5.91 Å². The van der Waals surface area contributed by atoms with Gasteiger partial charge in [0.2, 0.25) is 0 Å². The van der Waals surface area contributed by atoms with E-state index in [1.807, 2.05) is 36.4 Å². The normalized spacial score (nSPS) is 9.92. The van der Waals surface area contributed by atoms with Crippen molar-refractivity contribution in [3.8, 4) is 17.6 Å². The topological polar surface area (TPSA) is 62.1 Å². The van der Waals surface area contributed by atoms with Crippen molar-refractivity contribution in [3.63, 3.8) is 0 Å². The molecular weight excluding hydrogens is 336 g/mol. The SMILES string of the molecule is N#Cc1cccc(C(=O)Nc2cc(Cl)ccc2Oc2ccccc2)c1. The number of nitriles is 1. The fraction of sp³-hybridized carbons (Fsp3) is 0. The van der Waals surface area contributed by atoms with Crippen LogP contribution in [0, 0.1) is 11.3 Å². The first kappa shape index (κ1) is 16.6. The Hall–Kier alpha value is -3.29. The van der Waals surface area contributed by atoms with E-state index in [4.69, 9.17) is 21.6 Å². The maximum atomic E-state index is 12.5. The second-order valence-electron chi connectivity index (χ2n) is 5.20. The van der Waals surface area contributed by atoms with Gasteiger partial charge in [-0.15, -0.1) is 0 Å². The van der Waals surface area contributed by atoms with Crippen molar-refractivity contribution in [2.24, 2.45) is 0 Å². The summed E-state index contributed by atoms with van der Waals surface area (Å²) < 4.78 is 5.82. The molecule has 0 aliphatic carbocycles. The molecule has 4 nitrogen and oxygen atoms in total. The van der Waals surface area contributed by atoms with Gasteiger partial charge in [-0.05, 0) is 48.5 Å². The second-order valence-corrected chi connectivity index (χ2v) is 5.64. The molecule has 0 spiro atoms. The van der Waals surface area contributed by atoms with E-state index in [-0.39, 0.29) is 5.91 Å². The highest BCUT2D eigenvalue weighted by molar-refractivity contribution is 6.31. The van der Waals surface area contributed by atoms with Gasteiger partial charge in [0.05, 0.1) is 17.3 Å². The van der Waals surface area contributed by atoms with Crippen molar-refractivity contribution in [2.45, 2.75) is 0 Å². The Kier molecular flexibility index (Phi) is 4.98. The van der Waals surface area contributed by atoms with E-state index in [1.54, 1.807) is 36.4 Å². The van der Waals surface area contributed by atoms with E-state index >= 15 is 0 Å². The molecule has 0 bridgehead atoms. The molecule has 0 aliphatic heterocycles. The van der Waals surface area contributed by atoms with Gasteiger partial charge in [-0.25, -0.2) is 0 Å². The van der Waals surface area contributed by atoms with Crippen LogP contribution in [0.3, 0.4) is 0 Å². The summed E-state index contributed by atoms with van der Waals surface area (Å²) in [6.07, 6.45) is 0. The standard InChI is InChI=1S/C20H13ClN2O2/c21-16-9-10-19(25-17-7-2-1-3-8-17)18(12-16)23-20(24)15-6-4-5-14(11-15)13-22/h1-12H,(H,23,24). The highest BCUT2D eigenvalue weighted by Crippen LogP contribution is 2.32. The molecule has 0 atom stereocenters. The highest BCUT2D eigenvalue weighted by atomic mass is 35.5. The maximum Gasteiger partial charge on any atom is 0.255 e. The lowest BCUT2D eigenvalue weighted by atomic mass is 10.1. The molecule has 3 aromatic rings. The maximum absolute atomic E-state index is 12.5. The van der Waals surface area contributed by atoms with Gasteiger partial charge in [-0.2, -0.15) is 5.26 Å². The molecule has 3 aromatic carbocycles. The molecule has 122 valence electrons. The van der Waals surface area contributed by atoms with Gasteiger partial charge in [0.25, 0.3) is 5.91 Å². The molecule has 0 fully saturated rings. The molecule has 0 saturated carbocycles. The Labute approximate surface area is 150 Å². The lowest BCUT2D eigenvalue weighted by molar-refractivity contribution is 0.102. The summed E-state index contributed by atoms with van der Waals surface area (Å²) in [4.78, 5) is 12.5. The van der Waals surface area contributed by atoms with Crippen LogP contribution in [-0.2, 0) is 0 Å². The lowest BCUT2D eigenvalue weighted by Gasteiger charge is -2.13. The fourth-order valence-corrected chi connectivity index (χ4v) is 2.40. The Bertz CT molecular complexity index is 949. The number of nitrogens with one attached hydrogen (secondary N) is 1. The van der Waals surface area contributed by atoms with Crippen LogP contribution in [0.15, 0.2) is 72.8 Å². The van der Waals surface area contributed by atoms with Crippen LogP contribution < -0.4 is 10.1 Å². The van der Waals surface area contributed by atoms with E-state index in [0.717, 1.165) is 0 Å². The number of nitrogens with zero attached hydrogens (tertiary/aromatic N) is 1. The fourth-order valence-electron chi connectivity index (χ4n) is 2.23. The number of halogens is 1. The number of hydrogen-bond donors (Lipinski definition) is 1. The van der Waals surface area contributed by atoms with E-state index in [9.17, 15) is 4.79 Å². The molecule has 0 radical (unpaired) electrons. The Morgan fingerprint density at radius 3 is 2.56 bits per heavy atom. The number of amides is 1. The Balaban J connectivity index is 1.87. The number of para-hydroxylation sites is 1. The molecule has 1 N–H and O–H groups in total. The minimum Gasteiger partial charge on any atom is -0.455 e. The van der Waals surface area contributed by atoms with Gasteiger partial charge in [0.15, 0.2) is 5.75 Å². The van der Waals surface area contributed by atoms with Crippen molar-refractivity contribution in [1.82, 2.24) is 0 Å². The minimum atomic E-state index is -0.350. The monoisotopic (exact) mass is 348 g/mol. The number of carbonyl (C=O) groups excluding carboxylic acids is 1. The van der Waals surface area contributed by atoms with Crippen molar-refractivity contribution in [3.05, 3.63) is 88.9 Å². The molecule has 0 heterocycles. The minimum absolute atomic E-state index is 0.350. The molecule has 1 amide bonds. The summed E-state index contributed by atoms with van der Waals surface area (Å²) in [7, 11) is 0. The quantitative estimate of drug-likeness (QED) is 0.699. The predicted octanol–water partition coefficient (Wildman–Crippen LogP) is 5.26. The summed E-state index contributed by atoms with van der Waals surface area (Å²) in [5.41, 5.74) is 1.24. The number of ether oxygens (including phenoxy) is 1. The van der Waals surface area contributed by atoms with E-state index in [2.05, 4.69) is 5.32 Å². The van der Waals surface area contributed by atoms with Gasteiger partial charge in [-0.1, -0.05) is 35.9 Å². The Morgan fingerprint density at radius 1 is 1.00 bits per heavy atom. The predicted molar refractivity (Wildman–Crippen MR) is 97.1 cm³/mol. The third-order valence-electron chi connectivity index (χ3n) is 3.41. The van der Waals surface area contributed by atoms with Crippen LogP contribution in [0.1, 0.15) is 15.9 Å². The summed E-state index contributed by atoms with van der Waals surface area (Å²) in [5.74, 6) is 0.768. The van der Waals surface area contributed by atoms with Crippen molar-refractivity contribution < 1.29 is 9.53 Å². The average Bonchev–Trinajstić information content (AvgIpc) is 2.65. The number of anilines is 1. The third kappa shape index (κ3) is 4.17. The first-order chi connectivity index (χ1) is 12.2. The number of benzene rings is 3. The first-order valence-corrected chi connectivity index (χ1v) is 7.87. The Morgan fingerprint density at radius 2 is 1.80 bits per heavy atom. The molecule has 0 saturated heterocycles. The summed E-state index contributed by atoms with van der Waals surface area (Å²) >= 11 is 6.05. The van der Waals surface area contributed by atoms with Crippen LogP contribution in [0.4, 0.5) is 5.69 Å². The van der Waals surface area contributed by atoms with Gasteiger partial charge in [-0.3, -0.25) is 4.79 Å². The molecule has 25 heavy (non-hydrogen) atoms. The lowest BCUT2D eigenvalue weighted by Crippen LogP contribution is -2.12. The second kappa shape index (κ2) is 7.52. The summed E-state index contributed by atoms with van der Waals surface area (Å²) in [5, 5.41) is 12.2. The first-order valence-electron chi connectivity index (χ1n) is 7.50. The van der Waals surface area contributed by atoms with E-state index in [1.165, 1.54) is 6.07 Å². The average molecular weight is 349 g/mol. The number of rotatable bonds is 4. The zero-order valence-corrected chi connectivity index (χ0v) is 13.8. The highest BCUT2D eigenvalue weighted by Gasteiger charge is 2.12. The van der Waals surface area contributed by atoms with Gasteiger partial charge in [0, 0.05) is 10.6 Å². The van der Waals surface area contributed by atoms with Crippen molar-refractivity contribution >= 4 is 23.2 Å². The van der Waals surface area contributed by atoms with Crippen LogP contribution in [0.5, 0.6) is 11.5 Å². The summed E-state index contributed by atoms with van der Waals surface area (Å²) in [6, 6.07) is 22.7. The van der Waals surface area contributed by atoms with Gasteiger partial charge < -0.3 is 10.1 Å². The zero-order valence-electron chi connectivity index (χ0n) is 13.1. The zero-order chi connectivity index (χ0) is 17.6.